The zero-order chi connectivity index (χ0) is 25.6. The van der Waals surface area contributed by atoms with Gasteiger partial charge in [-0.1, -0.05) is 42.5 Å². The van der Waals surface area contributed by atoms with Gasteiger partial charge in [0.1, 0.15) is 11.8 Å². The number of aliphatic hydroxyl groups is 1. The van der Waals surface area contributed by atoms with Crippen molar-refractivity contribution in [1.82, 2.24) is 4.72 Å². The lowest BCUT2D eigenvalue weighted by Gasteiger charge is -2.20. The summed E-state index contributed by atoms with van der Waals surface area (Å²) in [6.07, 6.45) is -1.50. The van der Waals surface area contributed by atoms with Crippen molar-refractivity contribution in [1.29, 1.82) is 0 Å². The van der Waals surface area contributed by atoms with Gasteiger partial charge in [0, 0.05) is 0 Å². The van der Waals surface area contributed by atoms with Crippen LogP contribution in [0.4, 0.5) is 14.5 Å². The maximum absolute atomic E-state index is 12.8. The SMILES string of the molecule is C[C@@H](O)[C@H](NS(=O)(=O)c1ccc2ccccc2c1)C(=O)OCC(=O)Nc1ccccc1OC(F)F. The number of fused-ring (bicyclic) bond motifs is 1. The number of para-hydroxylation sites is 2. The fourth-order valence-corrected chi connectivity index (χ4v) is 4.39. The Morgan fingerprint density at radius 3 is 2.34 bits per heavy atom. The van der Waals surface area contributed by atoms with Crippen molar-refractivity contribution < 1.29 is 41.4 Å². The fourth-order valence-electron chi connectivity index (χ4n) is 3.09. The summed E-state index contributed by atoms with van der Waals surface area (Å²) >= 11 is 0. The van der Waals surface area contributed by atoms with Gasteiger partial charge in [0.05, 0.1) is 16.7 Å². The summed E-state index contributed by atoms with van der Waals surface area (Å²) in [6.45, 7) is -2.82. The number of ether oxygens (including phenoxy) is 2. The second-order valence-electron chi connectivity index (χ2n) is 7.38. The highest BCUT2D eigenvalue weighted by molar-refractivity contribution is 7.89. The lowest BCUT2D eigenvalue weighted by molar-refractivity contribution is -0.151. The molecule has 1 amide bonds. The number of nitrogens with one attached hydrogen (secondary N) is 2. The predicted molar refractivity (Wildman–Crippen MR) is 122 cm³/mol. The fraction of sp³-hybridized carbons (Fsp3) is 0.217. The topological polar surface area (TPSA) is 131 Å². The Hall–Kier alpha value is -3.61. The highest BCUT2D eigenvalue weighted by atomic mass is 32.2. The average Bonchev–Trinajstić information content (AvgIpc) is 2.81. The summed E-state index contributed by atoms with van der Waals surface area (Å²) in [5.74, 6) is -2.41. The first kappa shape index (κ1) is 26.0. The van der Waals surface area contributed by atoms with Gasteiger partial charge in [0.15, 0.2) is 6.61 Å². The number of sulfonamides is 1. The summed E-state index contributed by atoms with van der Waals surface area (Å²) < 4.78 is 61.9. The number of carbonyl (C=O) groups is 2. The summed E-state index contributed by atoms with van der Waals surface area (Å²) in [6, 6.07) is 15.1. The summed E-state index contributed by atoms with van der Waals surface area (Å²) in [5, 5.41) is 13.7. The van der Waals surface area contributed by atoms with E-state index in [1.807, 2.05) is 0 Å². The number of esters is 1. The molecule has 0 radical (unpaired) electrons. The third-order valence-electron chi connectivity index (χ3n) is 4.77. The Bertz CT molecular complexity index is 1320. The van der Waals surface area contributed by atoms with E-state index in [1.165, 1.54) is 43.3 Å². The van der Waals surface area contributed by atoms with Gasteiger partial charge >= 0.3 is 12.6 Å². The van der Waals surface area contributed by atoms with Gasteiger partial charge in [-0.25, -0.2) is 8.42 Å². The number of hydrogen-bond acceptors (Lipinski definition) is 7. The zero-order valence-electron chi connectivity index (χ0n) is 18.4. The molecule has 0 aliphatic heterocycles. The first-order chi connectivity index (χ1) is 16.6. The highest BCUT2D eigenvalue weighted by Gasteiger charge is 2.31. The van der Waals surface area contributed by atoms with E-state index >= 15 is 0 Å². The maximum atomic E-state index is 12.8. The van der Waals surface area contributed by atoms with E-state index in [0.29, 0.717) is 5.39 Å². The quantitative estimate of drug-likeness (QED) is 0.359. The van der Waals surface area contributed by atoms with Crippen LogP contribution in [-0.4, -0.2) is 50.8 Å². The van der Waals surface area contributed by atoms with Crippen LogP contribution in [0.1, 0.15) is 6.92 Å². The molecule has 0 heterocycles. The van der Waals surface area contributed by atoms with Gasteiger partial charge in [-0.05, 0) is 42.0 Å². The number of rotatable bonds is 10. The van der Waals surface area contributed by atoms with Gasteiger partial charge in [0.25, 0.3) is 5.91 Å². The summed E-state index contributed by atoms with van der Waals surface area (Å²) in [5.41, 5.74) is -0.0852. The Morgan fingerprint density at radius 1 is 1.00 bits per heavy atom. The molecule has 0 saturated carbocycles. The minimum absolute atomic E-state index is 0.0852. The molecule has 0 unspecified atom stereocenters. The number of alkyl halides is 2. The molecule has 0 fully saturated rings. The molecule has 2 atom stereocenters. The van der Waals surface area contributed by atoms with E-state index in [-0.39, 0.29) is 16.3 Å². The highest BCUT2D eigenvalue weighted by Crippen LogP contribution is 2.25. The number of hydrogen-bond donors (Lipinski definition) is 3. The van der Waals surface area contributed by atoms with Crippen LogP contribution in [0, 0.1) is 0 Å². The predicted octanol–water partition coefficient (Wildman–Crippen LogP) is 2.65. The van der Waals surface area contributed by atoms with Crippen LogP contribution in [0.2, 0.25) is 0 Å². The monoisotopic (exact) mass is 508 g/mol. The van der Waals surface area contributed by atoms with E-state index in [0.717, 1.165) is 5.39 Å². The van der Waals surface area contributed by atoms with Crippen molar-refractivity contribution in [2.45, 2.75) is 30.6 Å². The standard InChI is InChI=1S/C23H22F2N2O7S/c1-14(28)21(27-35(31,32)17-11-10-15-6-2-3-7-16(15)12-17)22(30)33-13-20(29)26-18-8-4-5-9-19(18)34-23(24)25/h2-12,14,21,23,27-28H,13H2,1H3,(H,26,29)/t14-,21+/m1/s1. The molecule has 0 aromatic heterocycles. The molecule has 9 nitrogen and oxygen atoms in total. The molecule has 12 heteroatoms. The summed E-state index contributed by atoms with van der Waals surface area (Å²) in [4.78, 5) is 24.5. The first-order valence-corrected chi connectivity index (χ1v) is 11.7. The van der Waals surface area contributed by atoms with Crippen LogP contribution >= 0.6 is 0 Å². The number of carbonyl (C=O) groups excluding carboxylic acids is 2. The van der Waals surface area contributed by atoms with Crippen LogP contribution in [-0.2, 0) is 24.3 Å². The van der Waals surface area contributed by atoms with Crippen LogP contribution < -0.4 is 14.8 Å². The van der Waals surface area contributed by atoms with Gasteiger partial charge < -0.3 is 19.9 Å². The molecule has 0 bridgehead atoms. The van der Waals surface area contributed by atoms with Crippen LogP contribution in [0.25, 0.3) is 10.8 Å². The van der Waals surface area contributed by atoms with Gasteiger partial charge in [0.2, 0.25) is 10.0 Å². The van der Waals surface area contributed by atoms with E-state index in [4.69, 9.17) is 4.74 Å². The molecule has 186 valence electrons. The van der Waals surface area contributed by atoms with Gasteiger partial charge in [-0.3, -0.25) is 9.59 Å². The van der Waals surface area contributed by atoms with E-state index in [9.17, 15) is 31.9 Å². The largest absolute Gasteiger partial charge is 0.454 e. The molecule has 3 N–H and O–H groups in total. The molecular formula is C23H22F2N2O7S. The normalized spacial score (nSPS) is 13.3. The third kappa shape index (κ3) is 6.94. The number of benzene rings is 3. The molecule has 0 spiro atoms. The van der Waals surface area contributed by atoms with E-state index < -0.39 is 47.3 Å². The molecule has 3 aromatic carbocycles. The third-order valence-corrected chi connectivity index (χ3v) is 6.21. The molecule has 0 saturated heterocycles. The van der Waals surface area contributed by atoms with Gasteiger partial charge in [-0.2, -0.15) is 13.5 Å². The molecule has 35 heavy (non-hydrogen) atoms. The Balaban J connectivity index is 1.66. The second-order valence-corrected chi connectivity index (χ2v) is 9.09. The van der Waals surface area contributed by atoms with E-state index in [2.05, 4.69) is 14.8 Å². The maximum Gasteiger partial charge on any atom is 0.387 e. The van der Waals surface area contributed by atoms with E-state index in [1.54, 1.807) is 30.3 Å². The van der Waals surface area contributed by atoms with Crippen molar-refractivity contribution in [3.05, 3.63) is 66.7 Å². The minimum atomic E-state index is -4.24. The molecule has 3 aromatic rings. The van der Waals surface area contributed by atoms with Crippen molar-refractivity contribution in [2.75, 3.05) is 11.9 Å². The van der Waals surface area contributed by atoms with Crippen molar-refractivity contribution in [2.24, 2.45) is 0 Å². The van der Waals surface area contributed by atoms with Gasteiger partial charge in [-0.15, -0.1) is 0 Å². The lowest BCUT2D eigenvalue weighted by Crippen LogP contribution is -2.48. The smallest absolute Gasteiger partial charge is 0.387 e. The van der Waals surface area contributed by atoms with Crippen molar-refractivity contribution in [3.8, 4) is 5.75 Å². The Kier molecular flexibility index (Phi) is 8.33. The Labute approximate surface area is 199 Å². The Morgan fingerprint density at radius 2 is 1.66 bits per heavy atom. The zero-order valence-corrected chi connectivity index (χ0v) is 19.2. The molecule has 0 aliphatic carbocycles. The molecule has 0 aliphatic rings. The van der Waals surface area contributed by atoms with Crippen molar-refractivity contribution >= 4 is 38.4 Å². The minimum Gasteiger partial charge on any atom is -0.454 e. The second kappa shape index (κ2) is 11.2. The average molecular weight is 508 g/mol. The number of halogens is 2. The number of aliphatic hydroxyl groups excluding tert-OH is 1. The molecular weight excluding hydrogens is 486 g/mol. The first-order valence-electron chi connectivity index (χ1n) is 10.3. The molecule has 3 rings (SSSR count). The number of anilines is 1. The number of amides is 1. The lowest BCUT2D eigenvalue weighted by atomic mass is 10.1. The van der Waals surface area contributed by atoms with Crippen LogP contribution in [0.3, 0.4) is 0 Å². The summed E-state index contributed by atoms with van der Waals surface area (Å²) in [7, 11) is -4.24. The van der Waals surface area contributed by atoms with Crippen LogP contribution in [0.15, 0.2) is 71.6 Å². The van der Waals surface area contributed by atoms with Crippen molar-refractivity contribution in [3.63, 3.8) is 0 Å². The van der Waals surface area contributed by atoms with Crippen LogP contribution in [0.5, 0.6) is 5.75 Å².